The van der Waals surface area contributed by atoms with Crippen molar-refractivity contribution in [1.29, 1.82) is 0 Å². The molecule has 0 saturated heterocycles. The van der Waals surface area contributed by atoms with Crippen LogP contribution in [0.15, 0.2) is 18.3 Å². The molecular weight excluding hydrogens is 198 g/mol. The molecule has 72 valence electrons. The minimum absolute atomic E-state index is 0.0240. The zero-order chi connectivity index (χ0) is 9.97. The van der Waals surface area contributed by atoms with Crippen LogP contribution in [-0.2, 0) is 4.79 Å². The van der Waals surface area contributed by atoms with Crippen LogP contribution in [0.25, 0.3) is 10.3 Å². The van der Waals surface area contributed by atoms with Gasteiger partial charge in [-0.1, -0.05) is 18.3 Å². The van der Waals surface area contributed by atoms with Crippen molar-refractivity contribution in [1.82, 2.24) is 9.97 Å². The minimum Gasteiger partial charge on any atom is -0.302 e. The third kappa shape index (κ3) is 1.72. The van der Waals surface area contributed by atoms with Crippen molar-refractivity contribution in [2.45, 2.75) is 13.3 Å². The van der Waals surface area contributed by atoms with Gasteiger partial charge in [0.15, 0.2) is 5.13 Å². The molecular formula is C9H9N3OS. The Labute approximate surface area is 85.0 Å². The van der Waals surface area contributed by atoms with Crippen molar-refractivity contribution in [3.63, 3.8) is 0 Å². The van der Waals surface area contributed by atoms with E-state index < -0.39 is 0 Å². The molecule has 2 heterocycles. The Balaban J connectivity index is 2.31. The first-order chi connectivity index (χ1) is 6.79. The van der Waals surface area contributed by atoms with Gasteiger partial charge in [0, 0.05) is 12.6 Å². The van der Waals surface area contributed by atoms with Crippen molar-refractivity contribution in [3.05, 3.63) is 18.3 Å². The minimum atomic E-state index is -0.0240. The highest BCUT2D eigenvalue weighted by molar-refractivity contribution is 7.21. The topological polar surface area (TPSA) is 54.9 Å². The average Bonchev–Trinajstić information content (AvgIpc) is 2.59. The number of amides is 1. The molecule has 14 heavy (non-hydrogen) atoms. The number of carbonyl (C=O) groups excluding carboxylic acids is 1. The van der Waals surface area contributed by atoms with E-state index in [1.807, 2.05) is 12.1 Å². The van der Waals surface area contributed by atoms with Crippen LogP contribution >= 0.6 is 11.3 Å². The molecule has 0 aliphatic heterocycles. The van der Waals surface area contributed by atoms with Gasteiger partial charge in [-0.15, -0.1) is 0 Å². The number of anilines is 1. The molecule has 2 rings (SSSR count). The quantitative estimate of drug-likeness (QED) is 0.819. The predicted octanol–water partition coefficient (Wildman–Crippen LogP) is 2.04. The average molecular weight is 207 g/mol. The van der Waals surface area contributed by atoms with E-state index in [9.17, 15) is 4.79 Å². The number of nitrogens with zero attached hydrogens (tertiary/aromatic N) is 2. The van der Waals surface area contributed by atoms with Gasteiger partial charge in [-0.05, 0) is 12.1 Å². The summed E-state index contributed by atoms with van der Waals surface area (Å²) >= 11 is 1.39. The van der Waals surface area contributed by atoms with Crippen molar-refractivity contribution in [2.24, 2.45) is 0 Å². The molecule has 0 bridgehead atoms. The summed E-state index contributed by atoms with van der Waals surface area (Å²) in [6.45, 7) is 1.81. The molecule has 0 spiro atoms. The van der Waals surface area contributed by atoms with Crippen LogP contribution in [-0.4, -0.2) is 15.9 Å². The van der Waals surface area contributed by atoms with Crippen molar-refractivity contribution in [3.8, 4) is 0 Å². The summed E-state index contributed by atoms with van der Waals surface area (Å²) in [7, 11) is 0. The molecule has 2 aromatic rings. The molecule has 5 heteroatoms. The van der Waals surface area contributed by atoms with Crippen LogP contribution in [0.4, 0.5) is 5.13 Å². The van der Waals surface area contributed by atoms with E-state index in [1.54, 1.807) is 13.1 Å². The van der Waals surface area contributed by atoms with Crippen LogP contribution in [0.3, 0.4) is 0 Å². The maximum Gasteiger partial charge on any atom is 0.225 e. The molecule has 0 atom stereocenters. The van der Waals surface area contributed by atoms with Gasteiger partial charge in [-0.2, -0.15) is 0 Å². The fourth-order valence-electron chi connectivity index (χ4n) is 1.03. The van der Waals surface area contributed by atoms with E-state index in [4.69, 9.17) is 0 Å². The van der Waals surface area contributed by atoms with Gasteiger partial charge in [-0.3, -0.25) is 4.79 Å². The van der Waals surface area contributed by atoms with Gasteiger partial charge in [-0.25, -0.2) is 9.97 Å². The van der Waals surface area contributed by atoms with Crippen LogP contribution in [0.2, 0.25) is 0 Å². The Kier molecular flexibility index (Phi) is 2.41. The van der Waals surface area contributed by atoms with Gasteiger partial charge >= 0.3 is 0 Å². The highest BCUT2D eigenvalue weighted by atomic mass is 32.1. The highest BCUT2D eigenvalue weighted by Crippen LogP contribution is 2.23. The Hall–Kier alpha value is -1.49. The molecule has 0 aliphatic carbocycles. The van der Waals surface area contributed by atoms with Crippen LogP contribution in [0.1, 0.15) is 13.3 Å². The molecule has 1 N–H and O–H groups in total. The standard InChI is InChI=1S/C9H9N3OS/c1-2-7(13)12-9-11-6-4-3-5-10-8(6)14-9/h3-5H,2H2,1H3,(H,11,12,13). The van der Waals surface area contributed by atoms with Gasteiger partial charge in [0.2, 0.25) is 5.91 Å². The van der Waals surface area contributed by atoms with Crippen LogP contribution < -0.4 is 5.32 Å². The van der Waals surface area contributed by atoms with Crippen molar-refractivity contribution < 1.29 is 4.79 Å². The number of thiazole rings is 1. The number of hydrogen-bond acceptors (Lipinski definition) is 4. The monoisotopic (exact) mass is 207 g/mol. The van der Waals surface area contributed by atoms with Crippen LogP contribution in [0, 0.1) is 0 Å². The first kappa shape index (κ1) is 9.08. The fraction of sp³-hybridized carbons (Fsp3) is 0.222. The maximum absolute atomic E-state index is 11.1. The molecule has 0 unspecified atom stereocenters. The number of fused-ring (bicyclic) bond motifs is 1. The lowest BCUT2D eigenvalue weighted by Crippen LogP contribution is -2.08. The smallest absolute Gasteiger partial charge is 0.225 e. The Morgan fingerprint density at radius 2 is 2.50 bits per heavy atom. The first-order valence-electron chi connectivity index (χ1n) is 4.31. The zero-order valence-corrected chi connectivity index (χ0v) is 8.47. The summed E-state index contributed by atoms with van der Waals surface area (Å²) in [6.07, 6.45) is 2.18. The zero-order valence-electron chi connectivity index (χ0n) is 7.65. The summed E-state index contributed by atoms with van der Waals surface area (Å²) in [5.41, 5.74) is 0.823. The number of nitrogens with one attached hydrogen (secondary N) is 1. The molecule has 0 fully saturated rings. The van der Waals surface area contributed by atoms with Gasteiger partial charge in [0.25, 0.3) is 0 Å². The lowest BCUT2D eigenvalue weighted by Gasteiger charge is -1.94. The molecule has 0 radical (unpaired) electrons. The van der Waals surface area contributed by atoms with Gasteiger partial charge in [0.1, 0.15) is 10.3 Å². The Bertz CT molecular complexity index is 433. The Morgan fingerprint density at radius 3 is 3.21 bits per heavy atom. The summed E-state index contributed by atoms with van der Waals surface area (Å²) in [5.74, 6) is -0.0240. The third-order valence-corrected chi connectivity index (χ3v) is 2.63. The Morgan fingerprint density at radius 1 is 1.64 bits per heavy atom. The second-order valence-corrected chi connectivity index (χ2v) is 3.73. The summed E-state index contributed by atoms with van der Waals surface area (Å²) in [5, 5.41) is 3.33. The second kappa shape index (κ2) is 3.71. The number of pyridine rings is 1. The normalized spacial score (nSPS) is 10.4. The predicted molar refractivity (Wildman–Crippen MR) is 56.3 cm³/mol. The third-order valence-electron chi connectivity index (χ3n) is 1.73. The first-order valence-corrected chi connectivity index (χ1v) is 5.12. The number of carbonyl (C=O) groups is 1. The lowest BCUT2D eigenvalue weighted by molar-refractivity contribution is -0.115. The highest BCUT2D eigenvalue weighted by Gasteiger charge is 2.05. The number of rotatable bonds is 2. The maximum atomic E-state index is 11.1. The summed E-state index contributed by atoms with van der Waals surface area (Å²) < 4.78 is 0. The molecule has 0 aromatic carbocycles. The fourth-order valence-corrected chi connectivity index (χ4v) is 1.85. The molecule has 4 nitrogen and oxygen atoms in total. The summed E-state index contributed by atoms with van der Waals surface area (Å²) in [6, 6.07) is 3.70. The van der Waals surface area contributed by atoms with E-state index in [1.165, 1.54) is 11.3 Å². The molecule has 0 aliphatic rings. The van der Waals surface area contributed by atoms with Crippen molar-refractivity contribution in [2.75, 3.05) is 5.32 Å². The van der Waals surface area contributed by atoms with E-state index in [-0.39, 0.29) is 5.91 Å². The largest absolute Gasteiger partial charge is 0.302 e. The van der Waals surface area contributed by atoms with E-state index in [0.717, 1.165) is 10.3 Å². The van der Waals surface area contributed by atoms with E-state index in [2.05, 4.69) is 15.3 Å². The number of aromatic nitrogens is 2. The van der Waals surface area contributed by atoms with E-state index >= 15 is 0 Å². The number of hydrogen-bond donors (Lipinski definition) is 1. The summed E-state index contributed by atoms with van der Waals surface area (Å²) in [4.78, 5) is 20.3. The van der Waals surface area contributed by atoms with Gasteiger partial charge in [0.05, 0.1) is 0 Å². The van der Waals surface area contributed by atoms with Crippen molar-refractivity contribution >= 4 is 32.7 Å². The molecule has 2 aromatic heterocycles. The van der Waals surface area contributed by atoms with Crippen LogP contribution in [0.5, 0.6) is 0 Å². The second-order valence-electron chi connectivity index (χ2n) is 2.75. The lowest BCUT2D eigenvalue weighted by atomic mass is 10.4. The van der Waals surface area contributed by atoms with E-state index in [0.29, 0.717) is 11.6 Å². The molecule has 1 amide bonds. The van der Waals surface area contributed by atoms with Gasteiger partial charge < -0.3 is 5.32 Å². The SMILES string of the molecule is CCC(=O)Nc1nc2cccnc2s1. The molecule has 0 saturated carbocycles.